The number of likely N-dealkylation sites (N-methyl/N-ethyl adjacent to an activating group) is 1. The maximum absolute atomic E-state index is 14.4. The Balaban J connectivity index is 1.68. The van der Waals surface area contributed by atoms with Gasteiger partial charge < -0.3 is 5.31 Å². The Labute approximate surface area is 183 Å². The molecule has 154 valence electrons. The van der Waals surface area contributed by atoms with Crippen molar-refractivity contribution in [1.82, 2.24) is 4.90 Å². The zero-order valence-electron chi connectivity index (χ0n) is 18.6. The molecule has 0 bridgehead atoms. The lowest BCUT2D eigenvalue weighted by Crippen LogP contribution is -2.58. The first-order valence-electron chi connectivity index (χ1n) is 11.2. The summed E-state index contributed by atoms with van der Waals surface area (Å²) in [5.41, 5.74) is 3.01. The molecule has 31 heavy (non-hydrogen) atoms. The van der Waals surface area contributed by atoms with Gasteiger partial charge in [0.2, 0.25) is 0 Å². The highest BCUT2D eigenvalue weighted by Gasteiger charge is 2.74. The molecule has 0 radical (unpaired) electrons. The summed E-state index contributed by atoms with van der Waals surface area (Å²) in [4.78, 5) is 30.5. The summed E-state index contributed by atoms with van der Waals surface area (Å²) in [6.07, 6.45) is 0.485. The Morgan fingerprint density at radius 2 is 1.71 bits per heavy atom. The summed E-state index contributed by atoms with van der Waals surface area (Å²) in [5, 5.41) is 1.00. The number of para-hydroxylation sites is 1. The van der Waals surface area contributed by atoms with Gasteiger partial charge in [-0.1, -0.05) is 72.3 Å². The number of amides is 1. The van der Waals surface area contributed by atoms with E-state index in [0.29, 0.717) is 24.2 Å². The summed E-state index contributed by atoms with van der Waals surface area (Å²) >= 11 is 0. The van der Waals surface area contributed by atoms with Gasteiger partial charge in [0, 0.05) is 29.3 Å². The molecule has 2 heterocycles. The fourth-order valence-electron chi connectivity index (χ4n) is 6.42. The summed E-state index contributed by atoms with van der Waals surface area (Å²) in [7, 11) is 1.93. The second-order valence-corrected chi connectivity index (χ2v) is 9.12. The van der Waals surface area contributed by atoms with Crippen LogP contribution in [0.3, 0.4) is 0 Å². The summed E-state index contributed by atoms with van der Waals surface area (Å²) < 4.78 is 8.62. The monoisotopic (exact) mass is 410 g/mol. The average Bonchev–Trinajstić information content (AvgIpc) is 3.34. The van der Waals surface area contributed by atoms with Crippen molar-refractivity contribution in [1.29, 1.82) is 0 Å². The van der Waals surface area contributed by atoms with E-state index in [4.69, 9.17) is 1.41 Å². The molecule has 1 aliphatic carbocycles. The van der Waals surface area contributed by atoms with Crippen molar-refractivity contribution in [2.75, 3.05) is 18.9 Å². The molecule has 0 aromatic heterocycles. The molecule has 1 amide bonds. The lowest BCUT2D eigenvalue weighted by molar-refractivity contribution is -0.130. The van der Waals surface area contributed by atoms with Gasteiger partial charge in [-0.3, -0.25) is 14.5 Å². The normalized spacial score (nSPS) is 29.7. The summed E-state index contributed by atoms with van der Waals surface area (Å²) in [5.74, 6) is -0.491. The third-order valence-electron chi connectivity index (χ3n) is 7.71. The fourth-order valence-corrected chi connectivity index (χ4v) is 6.42. The van der Waals surface area contributed by atoms with Crippen LogP contribution in [0.2, 0.25) is 1.41 Å². The number of anilines is 1. The summed E-state index contributed by atoms with van der Waals surface area (Å²) in [6, 6.07) is 23.5. The van der Waals surface area contributed by atoms with Crippen molar-refractivity contribution in [3.63, 3.8) is 0 Å². The van der Waals surface area contributed by atoms with E-state index >= 15 is 0 Å². The van der Waals surface area contributed by atoms with E-state index in [-0.39, 0.29) is 17.6 Å². The van der Waals surface area contributed by atoms with Crippen LogP contribution in [0.15, 0.2) is 72.8 Å². The van der Waals surface area contributed by atoms with Crippen LogP contribution in [0.5, 0.6) is 0 Å². The van der Waals surface area contributed by atoms with Crippen LogP contribution in [0, 0.1) is 12.3 Å². The number of carbonyl (C=O) groups is 2. The van der Waals surface area contributed by atoms with E-state index < -0.39 is 11.0 Å². The molecule has 4 nitrogen and oxygen atoms in total. The van der Waals surface area contributed by atoms with E-state index in [1.54, 1.807) is 0 Å². The number of Topliss-reactive ketones (excluding diaryl/α,β-unsaturated/α-hetero) is 1. The molecule has 1 saturated heterocycles. The van der Waals surface area contributed by atoms with Gasteiger partial charge in [0.1, 0.15) is 5.54 Å². The quantitative estimate of drug-likeness (QED) is 0.651. The molecule has 3 aliphatic rings. The van der Waals surface area contributed by atoms with Crippen LogP contribution in [-0.4, -0.2) is 30.2 Å². The third-order valence-corrected chi connectivity index (χ3v) is 7.71. The molecule has 2 aliphatic heterocycles. The van der Waals surface area contributed by atoms with Crippen molar-refractivity contribution in [3.8, 4) is 0 Å². The number of hydrogen-bond acceptors (Lipinski definition) is 3. The predicted molar refractivity (Wildman–Crippen MR) is 120 cm³/mol. The van der Waals surface area contributed by atoms with Crippen LogP contribution in [-0.2, 0) is 16.8 Å². The van der Waals surface area contributed by atoms with Crippen LogP contribution in [0.4, 0.5) is 5.69 Å². The van der Waals surface area contributed by atoms with E-state index in [9.17, 15) is 9.59 Å². The molecular weight excluding hydrogens is 384 g/mol. The van der Waals surface area contributed by atoms with Crippen molar-refractivity contribution < 1.29 is 11.0 Å². The molecule has 3 atom stereocenters. The highest BCUT2D eigenvalue weighted by Crippen LogP contribution is 2.66. The number of carbonyl (C=O) groups excluding carboxylic acids is 2. The average molecular weight is 411 g/mol. The molecule has 3 aromatic rings. The highest BCUT2D eigenvalue weighted by molar-refractivity contribution is 6.16. The van der Waals surface area contributed by atoms with Crippen LogP contribution in [0.25, 0.3) is 0 Å². The SMILES string of the molecule is [3H]N1C(=O)[C@@]2(c3ccccc31)N(C)C[C@@H](c1ccc(C)cc1)[C@@]21Cc2ccccc2C1=O. The smallest absolute Gasteiger partial charge is 0.250 e. The van der Waals surface area contributed by atoms with Crippen molar-refractivity contribution in [3.05, 3.63) is 101 Å². The number of rotatable bonds is 1. The first-order chi connectivity index (χ1) is 15.4. The van der Waals surface area contributed by atoms with Gasteiger partial charge in [0.25, 0.3) is 5.91 Å². The molecular formula is C27H24N2O2. The second-order valence-electron chi connectivity index (χ2n) is 9.12. The van der Waals surface area contributed by atoms with Gasteiger partial charge in [-0.2, -0.15) is 0 Å². The van der Waals surface area contributed by atoms with E-state index in [1.807, 2.05) is 67.4 Å². The molecule has 4 heteroatoms. The Kier molecular flexibility index (Phi) is 3.46. The van der Waals surface area contributed by atoms with Crippen molar-refractivity contribution in [2.45, 2.75) is 24.8 Å². The lowest BCUT2D eigenvalue weighted by atomic mass is 9.59. The number of nitrogens with one attached hydrogen (secondary N) is 1. The maximum Gasteiger partial charge on any atom is 0.250 e. The predicted octanol–water partition coefficient (Wildman–Crippen LogP) is 4.30. The standard InChI is InChI=1S/C27H24N2O2/c1-17-11-13-18(14-12-17)22-16-29(2)27(21-9-5-6-10-23(21)28-25(27)31)26(22)15-19-7-3-4-8-20(19)24(26)30/h3-14,22H,15-16H2,1-2H3,(H,28,31)/t22-,26+,27+/m0/s1/i/hT. The zero-order valence-corrected chi connectivity index (χ0v) is 17.6. The van der Waals surface area contributed by atoms with Gasteiger partial charge in [0.05, 0.1) is 5.41 Å². The van der Waals surface area contributed by atoms with Gasteiger partial charge in [0.15, 0.2) is 7.20 Å². The first kappa shape index (κ1) is 17.4. The Bertz CT molecular complexity index is 1290. The highest BCUT2D eigenvalue weighted by atomic mass is 16.2. The van der Waals surface area contributed by atoms with Crippen molar-refractivity contribution >= 4 is 17.4 Å². The minimum Gasteiger partial charge on any atom is -0.324 e. The van der Waals surface area contributed by atoms with Gasteiger partial charge in [-0.25, -0.2) is 0 Å². The minimum absolute atomic E-state index is 0.0153. The fraction of sp³-hybridized carbons (Fsp3) is 0.259. The van der Waals surface area contributed by atoms with Gasteiger partial charge >= 0.3 is 0 Å². The second kappa shape index (κ2) is 6.14. The topological polar surface area (TPSA) is 49.4 Å². The number of aryl methyl sites for hydroxylation is 1. The van der Waals surface area contributed by atoms with E-state index in [0.717, 1.165) is 27.6 Å². The van der Waals surface area contributed by atoms with Gasteiger partial charge in [-0.05, 0) is 37.6 Å². The largest absolute Gasteiger partial charge is 0.324 e. The number of fused-ring (bicyclic) bond motifs is 4. The number of hydrogen-bond donors (Lipinski definition) is 1. The van der Waals surface area contributed by atoms with Crippen LogP contribution < -0.4 is 5.31 Å². The Morgan fingerprint density at radius 3 is 2.48 bits per heavy atom. The zero-order chi connectivity index (χ0) is 22.3. The minimum atomic E-state index is -1.21. The maximum atomic E-state index is 14.4. The number of ketones is 1. The van der Waals surface area contributed by atoms with Crippen molar-refractivity contribution in [2.24, 2.45) is 5.41 Å². The van der Waals surface area contributed by atoms with Crippen LogP contribution >= 0.6 is 0 Å². The number of benzene rings is 3. The molecule has 3 aromatic carbocycles. The Hall–Kier alpha value is -3.24. The summed E-state index contributed by atoms with van der Waals surface area (Å²) in [6.45, 7) is 2.61. The molecule has 0 saturated carbocycles. The molecule has 6 rings (SSSR count). The number of likely N-dealkylation sites (tertiary alicyclic amines) is 1. The first-order valence-corrected chi connectivity index (χ1v) is 10.8. The Morgan fingerprint density at radius 1 is 1.00 bits per heavy atom. The van der Waals surface area contributed by atoms with Crippen LogP contribution in [0.1, 0.15) is 38.5 Å². The van der Waals surface area contributed by atoms with E-state index in [1.165, 1.54) is 0 Å². The molecule has 2 spiro atoms. The molecule has 1 fully saturated rings. The van der Waals surface area contributed by atoms with Gasteiger partial charge in [-0.15, -0.1) is 0 Å². The number of nitrogens with zero attached hydrogens (tertiary/aromatic N) is 1. The molecule has 1 N–H and O–H groups in total. The van der Waals surface area contributed by atoms with E-state index in [2.05, 4.69) is 24.3 Å². The molecule has 0 unspecified atom stereocenters. The third kappa shape index (κ3) is 2.08. The lowest BCUT2D eigenvalue weighted by Gasteiger charge is -2.43.